The molecule has 1 N–H and O–H groups in total. The van der Waals surface area contributed by atoms with E-state index in [1.54, 1.807) is 18.2 Å². The lowest BCUT2D eigenvalue weighted by atomic mass is 10.2. The molecule has 0 aliphatic carbocycles. The number of amides is 1. The topological polar surface area (TPSA) is 64.0 Å². The number of hydrogen-bond donors (Lipinski definition) is 1. The molecule has 7 heteroatoms. The maximum Gasteiger partial charge on any atom is 0.253 e. The van der Waals surface area contributed by atoms with Crippen LogP contribution in [-0.2, 0) is 6.54 Å². The molecule has 20 heavy (non-hydrogen) atoms. The van der Waals surface area contributed by atoms with E-state index in [2.05, 4.69) is 26.2 Å². The van der Waals surface area contributed by atoms with Crippen LogP contribution >= 0.6 is 27.5 Å². The normalized spacial score (nSPS) is 10.3. The van der Waals surface area contributed by atoms with Crippen molar-refractivity contribution in [1.29, 1.82) is 0 Å². The molecule has 0 radical (unpaired) electrons. The lowest BCUT2D eigenvalue weighted by molar-refractivity contribution is 0.0952. The summed E-state index contributed by atoms with van der Waals surface area (Å²) >= 11 is 9.25. The molecule has 1 aromatic heterocycles. The second kappa shape index (κ2) is 6.67. The van der Waals surface area contributed by atoms with Crippen molar-refractivity contribution in [3.63, 3.8) is 0 Å². The molecule has 5 nitrogen and oxygen atoms in total. The van der Waals surface area contributed by atoms with Crippen molar-refractivity contribution >= 4 is 33.4 Å². The molecular formula is C13H11BrClN3O2. The van der Waals surface area contributed by atoms with Gasteiger partial charge in [-0.15, -0.1) is 0 Å². The van der Waals surface area contributed by atoms with Gasteiger partial charge in [-0.05, 0) is 18.2 Å². The molecule has 0 spiro atoms. The van der Waals surface area contributed by atoms with Gasteiger partial charge in [-0.3, -0.25) is 14.2 Å². The predicted molar refractivity (Wildman–Crippen MR) is 80.0 cm³/mol. The number of rotatable bonds is 4. The first-order chi connectivity index (χ1) is 9.58. The highest BCUT2D eigenvalue weighted by atomic mass is 79.9. The predicted octanol–water partition coefficient (Wildman–Crippen LogP) is 2.09. The Kier molecular flexibility index (Phi) is 4.92. The van der Waals surface area contributed by atoms with Crippen LogP contribution in [-0.4, -0.2) is 22.0 Å². The summed E-state index contributed by atoms with van der Waals surface area (Å²) in [7, 11) is 0. The summed E-state index contributed by atoms with van der Waals surface area (Å²) in [5, 5.41) is 3.09. The van der Waals surface area contributed by atoms with Gasteiger partial charge in [0.2, 0.25) is 0 Å². The molecule has 0 unspecified atom stereocenters. The van der Waals surface area contributed by atoms with Crippen molar-refractivity contribution in [2.24, 2.45) is 0 Å². The van der Waals surface area contributed by atoms with Crippen LogP contribution in [0.4, 0.5) is 0 Å². The van der Waals surface area contributed by atoms with E-state index in [1.807, 2.05) is 0 Å². The van der Waals surface area contributed by atoms with Crippen LogP contribution in [0.5, 0.6) is 0 Å². The van der Waals surface area contributed by atoms with Gasteiger partial charge in [0.05, 0.1) is 16.9 Å². The molecule has 2 rings (SSSR count). The van der Waals surface area contributed by atoms with Crippen LogP contribution in [0.3, 0.4) is 0 Å². The van der Waals surface area contributed by atoms with Crippen LogP contribution in [0, 0.1) is 0 Å². The maximum atomic E-state index is 12.0. The zero-order chi connectivity index (χ0) is 14.5. The summed E-state index contributed by atoms with van der Waals surface area (Å²) in [5.41, 5.74) is 0.231. The Balaban J connectivity index is 1.98. The number of carbonyl (C=O) groups excluding carboxylic acids is 1. The minimum Gasteiger partial charge on any atom is -0.350 e. The van der Waals surface area contributed by atoms with Gasteiger partial charge in [0.15, 0.2) is 0 Å². The third kappa shape index (κ3) is 3.68. The Morgan fingerprint density at radius 3 is 2.95 bits per heavy atom. The van der Waals surface area contributed by atoms with Crippen LogP contribution in [0.2, 0.25) is 5.02 Å². The minimum absolute atomic E-state index is 0.158. The Morgan fingerprint density at radius 2 is 2.20 bits per heavy atom. The van der Waals surface area contributed by atoms with Crippen molar-refractivity contribution in [3.8, 4) is 0 Å². The minimum atomic E-state index is -0.284. The molecule has 0 bridgehead atoms. The zero-order valence-electron chi connectivity index (χ0n) is 10.3. The Labute approximate surface area is 128 Å². The fourth-order valence-electron chi connectivity index (χ4n) is 1.60. The van der Waals surface area contributed by atoms with E-state index in [-0.39, 0.29) is 11.5 Å². The SMILES string of the molecule is O=C(NCCn1cnccc1=O)c1cc(Br)ccc1Cl. The number of nitrogens with zero attached hydrogens (tertiary/aromatic N) is 2. The second-order valence-corrected chi connectivity index (χ2v) is 5.31. The summed E-state index contributed by atoms with van der Waals surface area (Å²) in [6.45, 7) is 0.664. The van der Waals surface area contributed by atoms with E-state index < -0.39 is 0 Å². The smallest absolute Gasteiger partial charge is 0.253 e. The third-order valence-corrected chi connectivity index (χ3v) is 3.43. The molecule has 0 fully saturated rings. The number of carbonyl (C=O) groups is 1. The van der Waals surface area contributed by atoms with Crippen LogP contribution in [0.25, 0.3) is 0 Å². The first kappa shape index (κ1) is 14.7. The Morgan fingerprint density at radius 1 is 1.40 bits per heavy atom. The number of halogens is 2. The number of nitrogens with one attached hydrogen (secondary N) is 1. The van der Waals surface area contributed by atoms with Crippen molar-refractivity contribution in [3.05, 3.63) is 62.2 Å². The van der Waals surface area contributed by atoms with Gasteiger partial charge in [-0.25, -0.2) is 4.98 Å². The van der Waals surface area contributed by atoms with Gasteiger partial charge < -0.3 is 5.32 Å². The highest BCUT2D eigenvalue weighted by Crippen LogP contribution is 2.20. The van der Waals surface area contributed by atoms with Gasteiger partial charge in [0, 0.05) is 29.8 Å². The molecule has 1 amide bonds. The summed E-state index contributed by atoms with van der Waals surface area (Å²) < 4.78 is 2.19. The van der Waals surface area contributed by atoms with E-state index in [1.165, 1.54) is 23.2 Å². The molecule has 2 aromatic rings. The summed E-state index contributed by atoms with van der Waals surface area (Å²) in [6.07, 6.45) is 2.86. The first-order valence-electron chi connectivity index (χ1n) is 5.81. The van der Waals surface area contributed by atoms with E-state index in [4.69, 9.17) is 11.6 Å². The standard InChI is InChI=1S/C13H11BrClN3O2/c14-9-1-2-11(15)10(7-9)13(20)17-5-6-18-8-16-4-3-12(18)19/h1-4,7-8H,5-6H2,(H,17,20). The molecule has 0 saturated carbocycles. The Bertz CT molecular complexity index is 687. The lowest BCUT2D eigenvalue weighted by Gasteiger charge is -2.08. The Hall–Kier alpha value is -1.66. The van der Waals surface area contributed by atoms with Gasteiger partial charge >= 0.3 is 0 Å². The average Bonchev–Trinajstić information content (AvgIpc) is 2.43. The zero-order valence-corrected chi connectivity index (χ0v) is 12.7. The molecule has 104 valence electrons. The average molecular weight is 357 g/mol. The highest BCUT2D eigenvalue weighted by Gasteiger charge is 2.10. The number of hydrogen-bond acceptors (Lipinski definition) is 3. The van der Waals surface area contributed by atoms with Crippen LogP contribution in [0.1, 0.15) is 10.4 Å². The fourth-order valence-corrected chi connectivity index (χ4v) is 2.17. The van der Waals surface area contributed by atoms with Crippen LogP contribution in [0.15, 0.2) is 46.1 Å². The molecular weight excluding hydrogens is 346 g/mol. The van der Waals surface area contributed by atoms with Crippen molar-refractivity contribution in [2.45, 2.75) is 6.54 Å². The molecule has 1 aromatic carbocycles. The van der Waals surface area contributed by atoms with Crippen LogP contribution < -0.4 is 10.9 Å². The molecule has 0 aliphatic rings. The molecule has 1 heterocycles. The van der Waals surface area contributed by atoms with E-state index in [0.717, 1.165) is 4.47 Å². The number of benzene rings is 1. The summed E-state index contributed by atoms with van der Waals surface area (Å²) in [6, 6.07) is 6.42. The molecule has 0 saturated heterocycles. The van der Waals surface area contributed by atoms with E-state index in [0.29, 0.717) is 23.7 Å². The largest absolute Gasteiger partial charge is 0.350 e. The van der Waals surface area contributed by atoms with Crippen molar-refractivity contribution in [2.75, 3.05) is 6.54 Å². The summed E-state index contributed by atoms with van der Waals surface area (Å²) in [4.78, 5) is 27.3. The quantitative estimate of drug-likeness (QED) is 0.912. The van der Waals surface area contributed by atoms with Gasteiger partial charge in [-0.2, -0.15) is 0 Å². The van der Waals surface area contributed by atoms with E-state index >= 15 is 0 Å². The molecule has 0 atom stereocenters. The van der Waals surface area contributed by atoms with Crippen molar-refractivity contribution < 1.29 is 4.79 Å². The third-order valence-electron chi connectivity index (χ3n) is 2.60. The maximum absolute atomic E-state index is 12.0. The molecule has 0 aliphatic heterocycles. The van der Waals surface area contributed by atoms with Gasteiger partial charge in [0.25, 0.3) is 11.5 Å². The lowest BCUT2D eigenvalue weighted by Crippen LogP contribution is -2.30. The first-order valence-corrected chi connectivity index (χ1v) is 6.99. The summed E-state index contributed by atoms with van der Waals surface area (Å²) in [5.74, 6) is -0.284. The number of aromatic nitrogens is 2. The monoisotopic (exact) mass is 355 g/mol. The van der Waals surface area contributed by atoms with Crippen molar-refractivity contribution in [1.82, 2.24) is 14.9 Å². The highest BCUT2D eigenvalue weighted by molar-refractivity contribution is 9.10. The van der Waals surface area contributed by atoms with Gasteiger partial charge in [-0.1, -0.05) is 27.5 Å². The van der Waals surface area contributed by atoms with Gasteiger partial charge in [0.1, 0.15) is 0 Å². The fraction of sp³-hybridized carbons (Fsp3) is 0.154. The second-order valence-electron chi connectivity index (χ2n) is 3.99. The van der Waals surface area contributed by atoms with E-state index in [9.17, 15) is 9.59 Å².